The smallest absolute Gasteiger partial charge is 0.313 e. The molecule has 0 amide bonds. The maximum absolute atomic E-state index is 12.0. The van der Waals surface area contributed by atoms with E-state index in [0.29, 0.717) is 5.56 Å². The Morgan fingerprint density at radius 2 is 1.62 bits per heavy atom. The average Bonchev–Trinajstić information content (AvgIpc) is 2.33. The van der Waals surface area contributed by atoms with Crippen LogP contribution in [-0.2, 0) is 4.84 Å². The van der Waals surface area contributed by atoms with E-state index in [0.717, 1.165) is 24.1 Å². The second-order valence-electron chi connectivity index (χ2n) is 7.15. The Labute approximate surface area is 126 Å². The lowest BCUT2D eigenvalue weighted by atomic mass is 9.81. The maximum atomic E-state index is 12.0. The van der Waals surface area contributed by atoms with Crippen LogP contribution in [0.25, 0.3) is 0 Å². The summed E-state index contributed by atoms with van der Waals surface area (Å²) < 4.78 is 0. The van der Waals surface area contributed by atoms with Crippen molar-refractivity contribution in [3.05, 3.63) is 35.4 Å². The first-order chi connectivity index (χ1) is 9.67. The van der Waals surface area contributed by atoms with Crippen LogP contribution < -0.4 is 5.32 Å². The van der Waals surface area contributed by atoms with Crippen LogP contribution in [0.3, 0.4) is 0 Å². The third-order valence-electron chi connectivity index (χ3n) is 3.51. The van der Waals surface area contributed by atoms with Crippen molar-refractivity contribution >= 4 is 11.7 Å². The summed E-state index contributed by atoms with van der Waals surface area (Å²) in [6.07, 6.45) is 1.55. The van der Waals surface area contributed by atoms with Gasteiger partial charge >= 0.3 is 5.97 Å². The lowest BCUT2D eigenvalue weighted by Gasteiger charge is -2.42. The van der Waals surface area contributed by atoms with Crippen LogP contribution in [0.4, 0.5) is 0 Å². The van der Waals surface area contributed by atoms with Crippen molar-refractivity contribution in [2.24, 2.45) is 5.16 Å². The van der Waals surface area contributed by atoms with Gasteiger partial charge in [-0.25, -0.2) is 4.79 Å². The molecule has 0 bridgehead atoms. The van der Waals surface area contributed by atoms with Gasteiger partial charge in [0.25, 0.3) is 0 Å². The first kappa shape index (κ1) is 15.7. The summed E-state index contributed by atoms with van der Waals surface area (Å²) in [6, 6.07) is 7.29. The van der Waals surface area contributed by atoms with Crippen molar-refractivity contribution in [1.82, 2.24) is 5.32 Å². The Balaban J connectivity index is 2.06. The van der Waals surface area contributed by atoms with Gasteiger partial charge < -0.3 is 10.2 Å². The van der Waals surface area contributed by atoms with Gasteiger partial charge in [0.05, 0.1) is 11.3 Å². The summed E-state index contributed by atoms with van der Waals surface area (Å²) in [4.78, 5) is 17.1. The van der Waals surface area contributed by atoms with E-state index in [-0.39, 0.29) is 11.1 Å². The van der Waals surface area contributed by atoms with Crippen molar-refractivity contribution < 1.29 is 9.63 Å². The van der Waals surface area contributed by atoms with Crippen LogP contribution in [0.1, 0.15) is 56.5 Å². The Morgan fingerprint density at radius 3 is 2.14 bits per heavy atom. The minimum Gasteiger partial charge on any atom is -0.313 e. The molecular formula is C17H24N2O2. The summed E-state index contributed by atoms with van der Waals surface area (Å²) >= 11 is 0. The molecule has 1 aromatic rings. The molecule has 2 rings (SSSR count). The predicted octanol–water partition coefficient (Wildman–Crippen LogP) is 3.45. The number of hydrogen-bond donors (Lipinski definition) is 1. The zero-order valence-electron chi connectivity index (χ0n) is 13.5. The lowest BCUT2D eigenvalue weighted by molar-refractivity contribution is 0.0509. The van der Waals surface area contributed by atoms with Crippen LogP contribution in [0.15, 0.2) is 29.4 Å². The van der Waals surface area contributed by atoms with Gasteiger partial charge in [0.1, 0.15) is 0 Å². The van der Waals surface area contributed by atoms with E-state index in [9.17, 15) is 4.79 Å². The molecule has 0 aliphatic carbocycles. The Bertz CT molecular complexity index is 539. The zero-order chi connectivity index (χ0) is 15.7. The molecule has 1 saturated heterocycles. The molecule has 114 valence electrons. The largest absolute Gasteiger partial charge is 0.365 e. The van der Waals surface area contributed by atoms with E-state index >= 15 is 0 Å². The number of piperidine rings is 1. The minimum absolute atomic E-state index is 0.0448. The van der Waals surface area contributed by atoms with Crippen LogP contribution in [0.2, 0.25) is 0 Å². The molecule has 1 aliphatic heterocycles. The highest BCUT2D eigenvalue weighted by Gasteiger charge is 2.36. The van der Waals surface area contributed by atoms with Gasteiger partial charge in [0, 0.05) is 23.9 Å². The minimum atomic E-state index is -0.406. The number of nitrogens with zero attached hydrogens (tertiary/aromatic N) is 1. The van der Waals surface area contributed by atoms with Crippen LogP contribution in [-0.4, -0.2) is 22.8 Å². The third-order valence-corrected chi connectivity index (χ3v) is 3.51. The molecular weight excluding hydrogens is 264 g/mol. The van der Waals surface area contributed by atoms with Crippen molar-refractivity contribution in [2.45, 2.75) is 58.5 Å². The van der Waals surface area contributed by atoms with E-state index in [4.69, 9.17) is 4.84 Å². The standard InChI is InChI=1S/C17H24N2O2/c1-12-6-8-13(9-7-12)15(20)21-18-14-10-16(2,3)19-17(4,5)11-14/h6-9,19H,10-11H2,1-5H3. The molecule has 4 heteroatoms. The number of carbonyl (C=O) groups excluding carboxylic acids is 1. The first-order valence-corrected chi connectivity index (χ1v) is 7.30. The fourth-order valence-electron chi connectivity index (χ4n) is 3.00. The highest BCUT2D eigenvalue weighted by Crippen LogP contribution is 2.26. The van der Waals surface area contributed by atoms with E-state index in [1.807, 2.05) is 19.1 Å². The number of benzene rings is 1. The van der Waals surface area contributed by atoms with Gasteiger partial charge in [0.15, 0.2) is 0 Å². The van der Waals surface area contributed by atoms with Gasteiger partial charge in [-0.15, -0.1) is 0 Å². The van der Waals surface area contributed by atoms with Gasteiger partial charge in [0.2, 0.25) is 0 Å². The van der Waals surface area contributed by atoms with Crippen LogP contribution in [0, 0.1) is 6.92 Å². The normalized spacial score (nSPS) is 20.0. The zero-order valence-corrected chi connectivity index (χ0v) is 13.5. The van der Waals surface area contributed by atoms with Gasteiger partial charge in [-0.3, -0.25) is 0 Å². The summed E-state index contributed by atoms with van der Waals surface area (Å²) in [5, 5.41) is 7.67. The number of carbonyl (C=O) groups is 1. The van der Waals surface area contributed by atoms with Crippen molar-refractivity contribution in [2.75, 3.05) is 0 Å². The molecule has 0 spiro atoms. The number of hydrogen-bond acceptors (Lipinski definition) is 4. The lowest BCUT2D eigenvalue weighted by Crippen LogP contribution is -2.58. The second kappa shape index (κ2) is 5.60. The SMILES string of the molecule is Cc1ccc(C(=O)ON=C2CC(C)(C)NC(C)(C)C2)cc1. The Kier molecular flexibility index (Phi) is 4.19. The molecule has 1 fully saturated rings. The summed E-state index contributed by atoms with van der Waals surface area (Å²) in [7, 11) is 0. The van der Waals surface area contributed by atoms with E-state index in [2.05, 4.69) is 38.2 Å². The maximum Gasteiger partial charge on any atom is 0.365 e. The second-order valence-corrected chi connectivity index (χ2v) is 7.15. The van der Waals surface area contributed by atoms with E-state index in [1.54, 1.807) is 12.1 Å². The average molecular weight is 288 g/mol. The molecule has 1 aromatic carbocycles. The number of aryl methyl sites for hydroxylation is 1. The van der Waals surface area contributed by atoms with E-state index < -0.39 is 5.97 Å². The van der Waals surface area contributed by atoms with Gasteiger partial charge in [-0.05, 0) is 46.8 Å². The quantitative estimate of drug-likeness (QED) is 0.670. The highest BCUT2D eigenvalue weighted by molar-refractivity contribution is 5.91. The van der Waals surface area contributed by atoms with Gasteiger partial charge in [-0.2, -0.15) is 0 Å². The topological polar surface area (TPSA) is 50.7 Å². The number of rotatable bonds is 2. The molecule has 21 heavy (non-hydrogen) atoms. The molecule has 0 unspecified atom stereocenters. The third kappa shape index (κ3) is 4.39. The fraction of sp³-hybridized carbons (Fsp3) is 0.529. The summed E-state index contributed by atoms with van der Waals surface area (Å²) in [5.41, 5.74) is 2.47. The van der Waals surface area contributed by atoms with Crippen LogP contribution >= 0.6 is 0 Å². The molecule has 1 N–H and O–H groups in total. The first-order valence-electron chi connectivity index (χ1n) is 7.30. The predicted molar refractivity (Wildman–Crippen MR) is 84.6 cm³/mol. The van der Waals surface area contributed by atoms with Crippen molar-refractivity contribution in [3.63, 3.8) is 0 Å². The van der Waals surface area contributed by atoms with Crippen molar-refractivity contribution in [1.29, 1.82) is 0 Å². The van der Waals surface area contributed by atoms with Crippen molar-refractivity contribution in [3.8, 4) is 0 Å². The summed E-state index contributed by atoms with van der Waals surface area (Å²) in [5.74, 6) is -0.406. The molecule has 0 aromatic heterocycles. The number of nitrogens with one attached hydrogen (secondary N) is 1. The molecule has 1 heterocycles. The van der Waals surface area contributed by atoms with E-state index in [1.165, 1.54) is 0 Å². The van der Waals surface area contributed by atoms with Gasteiger partial charge in [-0.1, -0.05) is 22.9 Å². The molecule has 0 atom stereocenters. The number of oxime groups is 1. The Morgan fingerprint density at radius 1 is 1.10 bits per heavy atom. The molecule has 4 nitrogen and oxygen atoms in total. The molecule has 0 saturated carbocycles. The molecule has 0 radical (unpaired) electrons. The highest BCUT2D eigenvalue weighted by atomic mass is 16.7. The monoisotopic (exact) mass is 288 g/mol. The Hall–Kier alpha value is -1.68. The molecule has 1 aliphatic rings. The van der Waals surface area contributed by atoms with Crippen LogP contribution in [0.5, 0.6) is 0 Å². The summed E-state index contributed by atoms with van der Waals surface area (Å²) in [6.45, 7) is 10.5. The fourth-order valence-corrected chi connectivity index (χ4v) is 3.00.